The molecule has 0 saturated carbocycles. The van der Waals surface area contributed by atoms with E-state index < -0.39 is 0 Å². The molecule has 0 amide bonds. The van der Waals surface area contributed by atoms with E-state index in [1.54, 1.807) is 0 Å². The highest BCUT2D eigenvalue weighted by atomic mass is 14.0. The van der Waals surface area contributed by atoms with Crippen LogP contribution >= 0.6 is 0 Å². The van der Waals surface area contributed by atoms with Crippen LogP contribution in [0.1, 0.15) is 27.2 Å². The van der Waals surface area contributed by atoms with Crippen LogP contribution in [0.5, 0.6) is 0 Å². The van der Waals surface area contributed by atoms with E-state index in [1.807, 2.05) is 6.08 Å². The van der Waals surface area contributed by atoms with E-state index in [-0.39, 0.29) is 0 Å². The lowest BCUT2D eigenvalue weighted by molar-refractivity contribution is 0.717. The zero-order valence-corrected chi connectivity index (χ0v) is 6.65. The molecule has 0 aliphatic heterocycles. The first-order valence-corrected chi connectivity index (χ1v) is 3.45. The summed E-state index contributed by atoms with van der Waals surface area (Å²) in [6, 6.07) is 0. The second-order valence-electron chi connectivity index (χ2n) is 2.55. The van der Waals surface area contributed by atoms with Crippen molar-refractivity contribution in [3.8, 4) is 0 Å². The van der Waals surface area contributed by atoms with E-state index in [1.165, 1.54) is 5.57 Å². The van der Waals surface area contributed by atoms with E-state index in [0.717, 1.165) is 6.42 Å². The van der Waals surface area contributed by atoms with Gasteiger partial charge in [0.05, 0.1) is 0 Å². The Labute approximate surface area is 58.3 Å². The Balaban J connectivity index is 3.59. The van der Waals surface area contributed by atoms with Gasteiger partial charge in [-0.3, -0.25) is 0 Å². The molecule has 0 aromatic carbocycles. The lowest BCUT2D eigenvalue weighted by atomic mass is 10.0. The van der Waals surface area contributed by atoms with Gasteiger partial charge in [-0.25, -0.2) is 0 Å². The van der Waals surface area contributed by atoms with Gasteiger partial charge in [-0.2, -0.15) is 0 Å². The summed E-state index contributed by atoms with van der Waals surface area (Å²) in [6.45, 7) is 10.1. The maximum Gasteiger partial charge on any atom is -0.0227 e. The normalized spacial score (nSPS) is 15.2. The van der Waals surface area contributed by atoms with Crippen molar-refractivity contribution in [2.45, 2.75) is 27.2 Å². The summed E-state index contributed by atoms with van der Waals surface area (Å²) in [6.07, 6.45) is 5.30. The maximum absolute atomic E-state index is 3.72. The Morgan fingerprint density at radius 2 is 2.22 bits per heavy atom. The minimum absolute atomic E-state index is 0.626. The van der Waals surface area contributed by atoms with Crippen molar-refractivity contribution >= 4 is 0 Å². The molecule has 0 N–H and O–H groups in total. The number of allylic oxidation sites excluding steroid dienone is 3. The second-order valence-corrected chi connectivity index (χ2v) is 2.55. The Kier molecular flexibility index (Phi) is 4.12. The smallest absolute Gasteiger partial charge is 0.0227 e. The first-order chi connectivity index (χ1) is 4.20. The van der Waals surface area contributed by atoms with Crippen LogP contribution in [0.2, 0.25) is 0 Å². The summed E-state index contributed by atoms with van der Waals surface area (Å²) in [5.41, 5.74) is 1.45. The molecule has 0 aromatic heterocycles. The Morgan fingerprint density at radius 3 is 2.56 bits per heavy atom. The van der Waals surface area contributed by atoms with Crippen LogP contribution in [-0.2, 0) is 0 Å². The number of hydrogen-bond donors (Lipinski definition) is 0. The van der Waals surface area contributed by atoms with Crippen molar-refractivity contribution in [3.63, 3.8) is 0 Å². The van der Waals surface area contributed by atoms with Crippen LogP contribution in [0.3, 0.4) is 0 Å². The maximum atomic E-state index is 3.72. The summed E-state index contributed by atoms with van der Waals surface area (Å²) in [5.74, 6) is 0.626. The topological polar surface area (TPSA) is 0 Å². The molecule has 0 saturated heterocycles. The zero-order valence-electron chi connectivity index (χ0n) is 6.65. The van der Waals surface area contributed by atoms with Gasteiger partial charge < -0.3 is 0 Å². The van der Waals surface area contributed by atoms with Crippen LogP contribution in [-0.4, -0.2) is 0 Å². The Hall–Kier alpha value is -0.520. The molecular weight excluding hydrogens is 108 g/mol. The third-order valence-electron chi connectivity index (χ3n) is 1.54. The lowest BCUT2D eigenvalue weighted by Crippen LogP contribution is -1.88. The van der Waals surface area contributed by atoms with E-state index in [9.17, 15) is 0 Å². The fourth-order valence-electron chi connectivity index (χ4n) is 0.709. The molecule has 0 bridgehead atoms. The molecule has 0 rings (SSSR count). The molecule has 52 valence electrons. The molecule has 0 spiro atoms. The summed E-state index contributed by atoms with van der Waals surface area (Å²) in [4.78, 5) is 0. The highest BCUT2D eigenvalue weighted by molar-refractivity contribution is 4.98. The minimum atomic E-state index is 0.626. The third-order valence-corrected chi connectivity index (χ3v) is 1.54. The first kappa shape index (κ1) is 8.48. The van der Waals surface area contributed by atoms with Gasteiger partial charge >= 0.3 is 0 Å². The zero-order chi connectivity index (χ0) is 7.28. The van der Waals surface area contributed by atoms with Crippen molar-refractivity contribution < 1.29 is 0 Å². The number of hydrogen-bond acceptors (Lipinski definition) is 0. The molecule has 0 fully saturated rings. The standard InChI is InChI=1S/C9H16/c1-5-8(3)7-9(4)6-2/h5-6,8H,1,7H2,2-4H3/b9-6+/t8-/m0/s1. The molecule has 0 unspecified atom stereocenters. The van der Waals surface area contributed by atoms with Crippen molar-refractivity contribution in [1.82, 2.24) is 0 Å². The van der Waals surface area contributed by atoms with Crippen LogP contribution in [0.25, 0.3) is 0 Å². The molecule has 9 heavy (non-hydrogen) atoms. The average Bonchev–Trinajstić information content (AvgIpc) is 1.87. The largest absolute Gasteiger partial charge is 0.103 e. The lowest BCUT2D eigenvalue weighted by Gasteiger charge is -2.03. The molecule has 1 atom stereocenters. The molecule has 0 heterocycles. The minimum Gasteiger partial charge on any atom is -0.103 e. The summed E-state index contributed by atoms with van der Waals surface area (Å²) in [7, 11) is 0. The Morgan fingerprint density at radius 1 is 1.67 bits per heavy atom. The fourth-order valence-corrected chi connectivity index (χ4v) is 0.709. The molecule has 0 aromatic rings. The summed E-state index contributed by atoms with van der Waals surface area (Å²) < 4.78 is 0. The van der Waals surface area contributed by atoms with E-state index >= 15 is 0 Å². The highest BCUT2D eigenvalue weighted by Gasteiger charge is 1.94. The van der Waals surface area contributed by atoms with Gasteiger partial charge in [-0.1, -0.05) is 24.6 Å². The van der Waals surface area contributed by atoms with Gasteiger partial charge in [0.15, 0.2) is 0 Å². The monoisotopic (exact) mass is 124 g/mol. The van der Waals surface area contributed by atoms with E-state index in [2.05, 4.69) is 33.4 Å². The van der Waals surface area contributed by atoms with Crippen LogP contribution in [0.4, 0.5) is 0 Å². The SMILES string of the molecule is C=C[C@H](C)C/C(C)=C/C. The highest BCUT2D eigenvalue weighted by Crippen LogP contribution is 2.10. The number of rotatable bonds is 3. The van der Waals surface area contributed by atoms with Gasteiger partial charge in [-0.05, 0) is 26.2 Å². The van der Waals surface area contributed by atoms with Crippen molar-refractivity contribution in [2.24, 2.45) is 5.92 Å². The Bertz CT molecular complexity index is 109. The summed E-state index contributed by atoms with van der Waals surface area (Å²) in [5, 5.41) is 0. The quantitative estimate of drug-likeness (QED) is 0.507. The predicted octanol–water partition coefficient (Wildman–Crippen LogP) is 3.16. The molecule has 0 radical (unpaired) electrons. The van der Waals surface area contributed by atoms with Crippen molar-refractivity contribution in [3.05, 3.63) is 24.3 Å². The van der Waals surface area contributed by atoms with Crippen LogP contribution in [0, 0.1) is 5.92 Å². The van der Waals surface area contributed by atoms with E-state index in [4.69, 9.17) is 0 Å². The van der Waals surface area contributed by atoms with Crippen LogP contribution < -0.4 is 0 Å². The van der Waals surface area contributed by atoms with Gasteiger partial charge in [0.25, 0.3) is 0 Å². The van der Waals surface area contributed by atoms with Crippen molar-refractivity contribution in [1.29, 1.82) is 0 Å². The van der Waals surface area contributed by atoms with Gasteiger partial charge in [0.2, 0.25) is 0 Å². The first-order valence-electron chi connectivity index (χ1n) is 3.45. The molecule has 0 aliphatic rings. The molecule has 0 nitrogen and oxygen atoms in total. The average molecular weight is 124 g/mol. The third kappa shape index (κ3) is 4.01. The van der Waals surface area contributed by atoms with Gasteiger partial charge in [0, 0.05) is 0 Å². The van der Waals surface area contributed by atoms with E-state index in [0.29, 0.717) is 5.92 Å². The van der Waals surface area contributed by atoms with Crippen LogP contribution in [0.15, 0.2) is 24.3 Å². The molecule has 0 aliphatic carbocycles. The van der Waals surface area contributed by atoms with Gasteiger partial charge in [0.1, 0.15) is 0 Å². The molecular formula is C9H16. The van der Waals surface area contributed by atoms with Gasteiger partial charge in [-0.15, -0.1) is 6.58 Å². The second kappa shape index (κ2) is 4.37. The fraction of sp³-hybridized carbons (Fsp3) is 0.556. The predicted molar refractivity (Wildman–Crippen MR) is 43.4 cm³/mol. The van der Waals surface area contributed by atoms with Crippen molar-refractivity contribution in [2.75, 3.05) is 0 Å². The molecule has 0 heteroatoms. The summed E-state index contributed by atoms with van der Waals surface area (Å²) >= 11 is 0.